The van der Waals surface area contributed by atoms with Crippen LogP contribution in [0.4, 0.5) is 11.6 Å². The molecule has 3 aromatic rings. The van der Waals surface area contributed by atoms with Crippen LogP contribution in [0.5, 0.6) is 11.5 Å². The average Bonchev–Trinajstić information content (AvgIpc) is 3.08. The van der Waals surface area contributed by atoms with Crippen LogP contribution >= 0.6 is 11.6 Å². The van der Waals surface area contributed by atoms with Gasteiger partial charge in [0.1, 0.15) is 11.5 Å². The van der Waals surface area contributed by atoms with Crippen molar-refractivity contribution in [3.8, 4) is 11.5 Å². The van der Waals surface area contributed by atoms with Crippen LogP contribution in [-0.4, -0.2) is 116 Å². The molecular formula is C36H50Cl2N8O5. The van der Waals surface area contributed by atoms with Crippen molar-refractivity contribution in [3.63, 3.8) is 0 Å². The van der Waals surface area contributed by atoms with Crippen molar-refractivity contribution < 1.29 is 40.7 Å². The van der Waals surface area contributed by atoms with Gasteiger partial charge in [0, 0.05) is 41.0 Å². The first-order chi connectivity index (χ1) is 23.8. The average molecular weight is 746 g/mol. The smallest absolute Gasteiger partial charge is 0.274 e. The normalized spacial score (nSPS) is 14.9. The molecule has 4 rings (SSSR count). The molecule has 1 aromatic heterocycles. The third-order valence-electron chi connectivity index (χ3n) is 9.01. The number of piperidine rings is 1. The number of amides is 3. The summed E-state index contributed by atoms with van der Waals surface area (Å²) in [5.74, 6) is 0.665. The molecule has 15 heteroatoms. The number of nitrogens with two attached hydrogens (primary N) is 2. The molecule has 0 unspecified atom stereocenters. The summed E-state index contributed by atoms with van der Waals surface area (Å²) in [6, 6.07) is 15.7. The van der Waals surface area contributed by atoms with Crippen molar-refractivity contribution in [2.45, 2.75) is 44.6 Å². The minimum absolute atomic E-state index is 0. The minimum atomic E-state index is -0.411. The number of aromatic nitrogens is 2. The van der Waals surface area contributed by atoms with Gasteiger partial charge in [-0.1, -0.05) is 35.9 Å². The van der Waals surface area contributed by atoms with Gasteiger partial charge in [0.15, 0.2) is 35.7 Å². The summed E-state index contributed by atoms with van der Waals surface area (Å²) in [5, 5.41) is 3.09. The van der Waals surface area contributed by atoms with Crippen LogP contribution in [-0.2, 0) is 22.4 Å². The number of nitrogens with one attached hydrogen (secondary N) is 1. The molecule has 1 aliphatic rings. The summed E-state index contributed by atoms with van der Waals surface area (Å²) in [4.78, 5) is 48.0. The maximum atomic E-state index is 13.2. The number of quaternary nitrogens is 1. The Morgan fingerprint density at radius 3 is 1.78 bits per heavy atom. The van der Waals surface area contributed by atoms with Crippen LogP contribution in [0, 0.1) is 0 Å². The Labute approximate surface area is 311 Å². The Hall–Kier alpha value is -4.33. The second-order valence-corrected chi connectivity index (χ2v) is 13.6. The standard InChI is InChI=1S/C36H49ClN8O5.ClH/c1-43(2)30(46)23-49-28-15-11-25(12-16-28)8-5-19-45(20-6-9-26-13-17-29(18-14-26)50-24-31(47)44(3)4)21-7-10-27(22-45)40-36(48)32-34(38)42-35(39)33(37)41-32;/h11-18,27H,5-10,19-24H2,1-4H3,(H4-,38,39,40,42,48);1H/t27-;/m0./s1. The highest BCUT2D eigenvalue weighted by Gasteiger charge is 2.35. The van der Waals surface area contributed by atoms with E-state index in [0.717, 1.165) is 69.2 Å². The van der Waals surface area contributed by atoms with Crippen molar-refractivity contribution in [1.29, 1.82) is 0 Å². The van der Waals surface area contributed by atoms with E-state index >= 15 is 0 Å². The molecule has 1 saturated heterocycles. The number of aryl methyl sites for hydroxylation is 2. The van der Waals surface area contributed by atoms with Crippen molar-refractivity contribution in [2.75, 3.05) is 79.1 Å². The number of benzene rings is 2. The van der Waals surface area contributed by atoms with E-state index in [0.29, 0.717) is 11.5 Å². The fourth-order valence-corrected chi connectivity index (χ4v) is 6.24. The molecule has 0 bridgehead atoms. The summed E-state index contributed by atoms with van der Waals surface area (Å²) >= 11 is 6.05. The second-order valence-electron chi connectivity index (χ2n) is 13.3. The minimum Gasteiger partial charge on any atom is -1.00 e. The molecule has 0 aliphatic carbocycles. The predicted octanol–water partition coefficient (Wildman–Crippen LogP) is 0.207. The number of likely N-dealkylation sites (tertiary alicyclic amines) is 1. The van der Waals surface area contributed by atoms with Crippen LogP contribution in [0.1, 0.15) is 47.3 Å². The van der Waals surface area contributed by atoms with Gasteiger partial charge < -0.3 is 52.9 Å². The lowest BCUT2D eigenvalue weighted by molar-refractivity contribution is -0.933. The fourth-order valence-electron chi connectivity index (χ4n) is 6.11. The zero-order valence-corrected chi connectivity index (χ0v) is 31.4. The van der Waals surface area contributed by atoms with Gasteiger partial charge in [-0.2, -0.15) is 0 Å². The second kappa shape index (κ2) is 19.3. The zero-order valence-electron chi connectivity index (χ0n) is 29.9. The Morgan fingerprint density at radius 2 is 1.31 bits per heavy atom. The van der Waals surface area contributed by atoms with Gasteiger partial charge in [-0.15, -0.1) is 0 Å². The number of ether oxygens (including phenoxy) is 2. The summed E-state index contributed by atoms with van der Waals surface area (Å²) in [5.41, 5.74) is 14.0. The molecule has 1 aliphatic heterocycles. The fraction of sp³-hybridized carbons (Fsp3) is 0.472. The van der Waals surface area contributed by atoms with Crippen LogP contribution in [0.25, 0.3) is 0 Å². The monoisotopic (exact) mass is 744 g/mol. The van der Waals surface area contributed by atoms with Crippen LogP contribution in [0.3, 0.4) is 0 Å². The van der Waals surface area contributed by atoms with Crippen LogP contribution in [0.2, 0.25) is 5.15 Å². The SMILES string of the molecule is CN(C)C(=O)COc1ccc(CCC[N+]2(CCCc3ccc(OCC(=O)N(C)C)cc3)CCC[C@H](NC(=O)c3nc(Cl)c(N)nc3N)C2)cc1.[Cl-]. The van der Waals surface area contributed by atoms with Crippen molar-refractivity contribution >= 4 is 41.0 Å². The van der Waals surface area contributed by atoms with E-state index in [9.17, 15) is 14.4 Å². The summed E-state index contributed by atoms with van der Waals surface area (Å²) in [6.07, 6.45) is 5.51. The number of carbonyl (C=O) groups excluding carboxylic acids is 3. The molecule has 278 valence electrons. The highest BCUT2D eigenvalue weighted by atomic mass is 35.5. The Morgan fingerprint density at radius 1 is 0.824 bits per heavy atom. The first-order valence-corrected chi connectivity index (χ1v) is 17.3. The van der Waals surface area contributed by atoms with Crippen LogP contribution < -0.4 is 38.7 Å². The molecule has 0 radical (unpaired) electrons. The van der Waals surface area contributed by atoms with E-state index in [1.807, 2.05) is 48.5 Å². The van der Waals surface area contributed by atoms with E-state index in [1.165, 1.54) is 20.9 Å². The highest BCUT2D eigenvalue weighted by Crippen LogP contribution is 2.25. The predicted molar refractivity (Wildman–Crippen MR) is 194 cm³/mol. The van der Waals surface area contributed by atoms with Gasteiger partial charge in [-0.3, -0.25) is 14.4 Å². The van der Waals surface area contributed by atoms with Gasteiger partial charge in [-0.25, -0.2) is 9.97 Å². The number of halogens is 2. The van der Waals surface area contributed by atoms with Crippen molar-refractivity contribution in [2.24, 2.45) is 0 Å². The zero-order chi connectivity index (χ0) is 36.3. The van der Waals surface area contributed by atoms with Crippen molar-refractivity contribution in [3.05, 3.63) is 70.5 Å². The number of nitrogens with zero attached hydrogens (tertiary/aromatic N) is 5. The molecular weight excluding hydrogens is 695 g/mol. The number of hydrogen-bond acceptors (Lipinski definition) is 9. The molecule has 1 atom stereocenters. The molecule has 0 saturated carbocycles. The number of rotatable bonds is 16. The van der Waals surface area contributed by atoms with Gasteiger partial charge in [0.25, 0.3) is 17.7 Å². The third kappa shape index (κ3) is 12.4. The molecule has 51 heavy (non-hydrogen) atoms. The number of nitrogen functional groups attached to an aromatic ring is 2. The maximum Gasteiger partial charge on any atom is 0.274 e. The van der Waals surface area contributed by atoms with E-state index in [4.69, 9.17) is 32.5 Å². The van der Waals surface area contributed by atoms with E-state index < -0.39 is 5.91 Å². The maximum absolute atomic E-state index is 13.2. The Bertz CT molecular complexity index is 1530. The third-order valence-corrected chi connectivity index (χ3v) is 9.29. The number of carbonyl (C=O) groups is 3. The lowest BCUT2D eigenvalue weighted by Gasteiger charge is -2.45. The van der Waals surface area contributed by atoms with Crippen molar-refractivity contribution in [1.82, 2.24) is 25.1 Å². The molecule has 2 heterocycles. The largest absolute Gasteiger partial charge is 1.00 e. The molecule has 13 nitrogen and oxygen atoms in total. The number of likely N-dealkylation sites (N-methyl/N-ethyl adjacent to an activating group) is 2. The first-order valence-electron chi connectivity index (χ1n) is 16.9. The number of anilines is 2. The highest BCUT2D eigenvalue weighted by molar-refractivity contribution is 6.31. The lowest BCUT2D eigenvalue weighted by atomic mass is 9.99. The van der Waals surface area contributed by atoms with E-state index in [2.05, 4.69) is 15.3 Å². The quantitative estimate of drug-likeness (QED) is 0.174. The first kappa shape index (κ1) is 41.1. The topological polar surface area (TPSA) is 166 Å². The Balaban J connectivity index is 0.00000702. The lowest BCUT2D eigenvalue weighted by Crippen LogP contribution is -3.00. The molecule has 3 amide bonds. The van der Waals surface area contributed by atoms with E-state index in [1.54, 1.807) is 28.2 Å². The Kier molecular flexibility index (Phi) is 15.6. The van der Waals surface area contributed by atoms with Gasteiger partial charge in [0.05, 0.1) is 32.2 Å². The van der Waals surface area contributed by atoms with Gasteiger partial charge >= 0.3 is 0 Å². The van der Waals surface area contributed by atoms with Gasteiger partial charge in [0.2, 0.25) is 0 Å². The van der Waals surface area contributed by atoms with E-state index in [-0.39, 0.29) is 66.0 Å². The molecule has 0 spiro atoms. The molecule has 2 aromatic carbocycles. The van der Waals surface area contributed by atoms with Gasteiger partial charge in [-0.05, 0) is 61.1 Å². The number of hydrogen-bond donors (Lipinski definition) is 3. The van der Waals surface area contributed by atoms with Crippen LogP contribution in [0.15, 0.2) is 48.5 Å². The molecule has 5 N–H and O–H groups in total. The molecule has 1 fully saturated rings. The summed E-state index contributed by atoms with van der Waals surface area (Å²) < 4.78 is 12.1. The summed E-state index contributed by atoms with van der Waals surface area (Å²) in [6.45, 7) is 3.70. The summed E-state index contributed by atoms with van der Waals surface area (Å²) in [7, 11) is 6.81.